The topological polar surface area (TPSA) is 12.0 Å². The minimum atomic E-state index is 0.898. The number of benzene rings is 4. The molecule has 0 radical (unpaired) electrons. The first-order chi connectivity index (χ1) is 13.6. The van der Waals surface area contributed by atoms with Gasteiger partial charge in [-0.1, -0.05) is 66.2 Å². The van der Waals surface area contributed by atoms with Crippen molar-refractivity contribution in [3.05, 3.63) is 100 Å². The van der Waals surface area contributed by atoms with Crippen molar-refractivity contribution in [2.75, 3.05) is 5.32 Å². The summed E-state index contributed by atoms with van der Waals surface area (Å²) in [5.41, 5.74) is 12.1. The molecule has 0 atom stereocenters. The first-order valence-corrected chi connectivity index (χ1v) is 10.0. The van der Waals surface area contributed by atoms with Gasteiger partial charge in [0.25, 0.3) is 0 Å². The summed E-state index contributed by atoms with van der Waals surface area (Å²) in [7, 11) is 0. The van der Waals surface area contributed by atoms with Crippen molar-refractivity contribution in [2.24, 2.45) is 0 Å². The molecule has 4 aromatic carbocycles. The molecule has 0 fully saturated rings. The molecule has 0 unspecified atom stereocenters. The molecule has 1 heterocycles. The Morgan fingerprint density at radius 2 is 1.50 bits per heavy atom. The Bertz CT molecular complexity index is 1220. The van der Waals surface area contributed by atoms with Gasteiger partial charge in [0.2, 0.25) is 0 Å². The normalized spacial score (nSPS) is 12.4. The fraction of sp³-hybridized carbons (Fsp3) is 0.185. The van der Waals surface area contributed by atoms with E-state index < -0.39 is 0 Å². The number of rotatable bonds is 2. The monoisotopic (exact) mass is 363 g/mol. The first kappa shape index (κ1) is 17.1. The molecule has 5 rings (SSSR count). The molecule has 4 aromatic rings. The summed E-state index contributed by atoms with van der Waals surface area (Å²) >= 11 is 0. The van der Waals surface area contributed by atoms with Gasteiger partial charge in [-0.05, 0) is 77.4 Å². The van der Waals surface area contributed by atoms with Crippen molar-refractivity contribution in [3.8, 4) is 11.1 Å². The zero-order chi connectivity index (χ0) is 19.3. The third-order valence-electron chi connectivity index (χ3n) is 5.95. The van der Waals surface area contributed by atoms with E-state index in [0.717, 1.165) is 13.0 Å². The van der Waals surface area contributed by atoms with Crippen molar-refractivity contribution in [2.45, 2.75) is 33.7 Å². The molecule has 0 spiro atoms. The SMILES string of the molecule is Cc1ccc2c(c1)NCc1cc(Cc3cc4ccc(C)cc4cc3C)ccc1-2. The Morgan fingerprint density at radius 3 is 2.39 bits per heavy atom. The Labute approximate surface area is 167 Å². The van der Waals surface area contributed by atoms with Crippen LogP contribution in [-0.2, 0) is 13.0 Å². The van der Waals surface area contributed by atoms with Gasteiger partial charge < -0.3 is 5.32 Å². The molecule has 1 N–H and O–H groups in total. The van der Waals surface area contributed by atoms with Crippen LogP contribution >= 0.6 is 0 Å². The lowest BCUT2D eigenvalue weighted by Gasteiger charge is -2.23. The van der Waals surface area contributed by atoms with Gasteiger partial charge in [-0.25, -0.2) is 0 Å². The van der Waals surface area contributed by atoms with Crippen LogP contribution in [0.4, 0.5) is 5.69 Å². The maximum atomic E-state index is 3.59. The largest absolute Gasteiger partial charge is 0.380 e. The molecular weight excluding hydrogens is 338 g/mol. The van der Waals surface area contributed by atoms with Crippen molar-refractivity contribution in [1.29, 1.82) is 0 Å². The summed E-state index contributed by atoms with van der Waals surface area (Å²) in [5.74, 6) is 0. The fourth-order valence-corrected chi connectivity index (χ4v) is 4.38. The maximum Gasteiger partial charge on any atom is 0.0425 e. The molecule has 0 aromatic heterocycles. The second kappa shape index (κ2) is 6.53. The lowest BCUT2D eigenvalue weighted by molar-refractivity contribution is 1.09. The molecule has 0 bridgehead atoms. The number of anilines is 1. The first-order valence-electron chi connectivity index (χ1n) is 10.0. The van der Waals surface area contributed by atoms with E-state index in [-0.39, 0.29) is 0 Å². The van der Waals surface area contributed by atoms with Crippen LogP contribution in [0.3, 0.4) is 0 Å². The van der Waals surface area contributed by atoms with E-state index in [1.54, 1.807) is 0 Å². The second-order valence-electron chi connectivity index (χ2n) is 8.20. The summed E-state index contributed by atoms with van der Waals surface area (Å²) < 4.78 is 0. The van der Waals surface area contributed by atoms with Gasteiger partial charge in [0.05, 0.1) is 0 Å². The van der Waals surface area contributed by atoms with Crippen molar-refractivity contribution in [3.63, 3.8) is 0 Å². The summed E-state index contributed by atoms with van der Waals surface area (Å²) in [6.07, 6.45) is 0.976. The Balaban J connectivity index is 1.50. The highest BCUT2D eigenvalue weighted by Gasteiger charge is 2.16. The summed E-state index contributed by atoms with van der Waals surface area (Å²) in [6.45, 7) is 7.43. The molecule has 1 aliphatic rings. The average Bonchev–Trinajstić information content (AvgIpc) is 2.68. The fourth-order valence-electron chi connectivity index (χ4n) is 4.38. The third kappa shape index (κ3) is 2.97. The summed E-state index contributed by atoms with van der Waals surface area (Å²) in [6, 6.07) is 25.1. The lowest BCUT2D eigenvalue weighted by atomic mass is 9.90. The summed E-state index contributed by atoms with van der Waals surface area (Å²) in [4.78, 5) is 0. The van der Waals surface area contributed by atoms with Crippen LogP contribution in [0.1, 0.15) is 33.4 Å². The highest BCUT2D eigenvalue weighted by atomic mass is 14.9. The van der Waals surface area contributed by atoms with Gasteiger partial charge in [0.15, 0.2) is 0 Å². The second-order valence-corrected chi connectivity index (χ2v) is 8.20. The van der Waals surface area contributed by atoms with Gasteiger partial charge in [-0.2, -0.15) is 0 Å². The smallest absolute Gasteiger partial charge is 0.0425 e. The number of aryl methyl sites for hydroxylation is 3. The molecule has 1 nitrogen and oxygen atoms in total. The molecule has 0 aliphatic carbocycles. The Hall–Kier alpha value is -3.06. The number of fused-ring (bicyclic) bond motifs is 4. The summed E-state index contributed by atoms with van der Waals surface area (Å²) in [5, 5.41) is 6.26. The van der Waals surface area contributed by atoms with Crippen LogP contribution in [0.5, 0.6) is 0 Å². The average molecular weight is 364 g/mol. The lowest BCUT2D eigenvalue weighted by Crippen LogP contribution is -2.09. The van der Waals surface area contributed by atoms with Crippen molar-refractivity contribution in [1.82, 2.24) is 0 Å². The zero-order valence-electron chi connectivity index (χ0n) is 16.8. The van der Waals surface area contributed by atoms with Gasteiger partial charge in [0.1, 0.15) is 0 Å². The van der Waals surface area contributed by atoms with Gasteiger partial charge in [-0.15, -0.1) is 0 Å². The zero-order valence-corrected chi connectivity index (χ0v) is 16.8. The minimum Gasteiger partial charge on any atom is -0.380 e. The Kier molecular flexibility index (Phi) is 3.98. The van der Waals surface area contributed by atoms with Gasteiger partial charge in [0, 0.05) is 17.8 Å². The van der Waals surface area contributed by atoms with E-state index >= 15 is 0 Å². The van der Waals surface area contributed by atoms with E-state index in [9.17, 15) is 0 Å². The quantitative estimate of drug-likeness (QED) is 0.406. The van der Waals surface area contributed by atoms with E-state index in [1.165, 1.54) is 61.0 Å². The van der Waals surface area contributed by atoms with Crippen LogP contribution in [0.15, 0.2) is 66.7 Å². The molecule has 138 valence electrons. The van der Waals surface area contributed by atoms with Crippen LogP contribution in [0.2, 0.25) is 0 Å². The highest BCUT2D eigenvalue weighted by molar-refractivity contribution is 5.85. The van der Waals surface area contributed by atoms with E-state index in [4.69, 9.17) is 0 Å². The maximum absolute atomic E-state index is 3.59. The standard InChI is InChI=1S/C27H25N/c1-17-4-7-21-15-22(19(3)12-23(21)10-17)13-20-6-9-25-24(14-20)16-28-27-11-18(2)5-8-26(25)27/h4-12,14-15,28H,13,16H2,1-3H3. The van der Waals surface area contributed by atoms with Gasteiger partial charge in [-0.3, -0.25) is 0 Å². The van der Waals surface area contributed by atoms with Crippen LogP contribution in [0, 0.1) is 20.8 Å². The number of nitrogens with one attached hydrogen (secondary N) is 1. The molecule has 0 amide bonds. The number of hydrogen-bond donors (Lipinski definition) is 1. The molecule has 1 heteroatoms. The van der Waals surface area contributed by atoms with Crippen LogP contribution in [-0.4, -0.2) is 0 Å². The van der Waals surface area contributed by atoms with Crippen molar-refractivity contribution >= 4 is 16.5 Å². The van der Waals surface area contributed by atoms with Crippen LogP contribution < -0.4 is 5.32 Å². The highest BCUT2D eigenvalue weighted by Crippen LogP contribution is 2.36. The number of hydrogen-bond acceptors (Lipinski definition) is 1. The van der Waals surface area contributed by atoms with Gasteiger partial charge >= 0.3 is 0 Å². The predicted octanol–water partition coefficient (Wildman–Crippen LogP) is 6.95. The van der Waals surface area contributed by atoms with Crippen LogP contribution in [0.25, 0.3) is 21.9 Å². The minimum absolute atomic E-state index is 0.898. The van der Waals surface area contributed by atoms with E-state index in [0.29, 0.717) is 0 Å². The molecule has 1 aliphatic heterocycles. The molecule has 0 saturated heterocycles. The molecular formula is C27H25N. The third-order valence-corrected chi connectivity index (χ3v) is 5.95. The van der Waals surface area contributed by atoms with Crippen molar-refractivity contribution < 1.29 is 0 Å². The molecule has 28 heavy (non-hydrogen) atoms. The Morgan fingerprint density at radius 1 is 0.714 bits per heavy atom. The molecule has 0 saturated carbocycles. The predicted molar refractivity (Wildman–Crippen MR) is 120 cm³/mol. The van der Waals surface area contributed by atoms with E-state index in [1.807, 2.05) is 0 Å². The van der Waals surface area contributed by atoms with E-state index in [2.05, 4.69) is 92.8 Å².